The average molecular weight is 442 g/mol. The topological polar surface area (TPSA) is 107 Å². The molecular weight excluding hydrogens is 425 g/mol. The lowest BCUT2D eigenvalue weighted by Crippen LogP contribution is -2.14. The number of rotatable bonds is 5. The molecule has 3 heterocycles. The summed E-state index contributed by atoms with van der Waals surface area (Å²) in [5, 5.41) is 2.38. The fourth-order valence-corrected chi connectivity index (χ4v) is 3.17. The number of anilines is 2. The number of fused-ring (bicyclic) bond motifs is 1. The molecule has 0 fully saturated rings. The van der Waals surface area contributed by atoms with E-state index in [9.17, 15) is 18.0 Å². The van der Waals surface area contributed by atoms with Crippen LogP contribution in [0.3, 0.4) is 0 Å². The highest BCUT2D eigenvalue weighted by Crippen LogP contribution is 2.35. The smallest absolute Gasteiger partial charge is 0.416 e. The van der Waals surface area contributed by atoms with E-state index in [0.29, 0.717) is 29.1 Å². The van der Waals surface area contributed by atoms with Crippen molar-refractivity contribution >= 4 is 23.1 Å². The normalized spacial score (nSPS) is 11.5. The van der Waals surface area contributed by atoms with Gasteiger partial charge in [0.15, 0.2) is 0 Å². The number of hydrogen-bond acceptors (Lipinski definition) is 6. The summed E-state index contributed by atoms with van der Waals surface area (Å²) in [6.45, 7) is 2.09. The summed E-state index contributed by atoms with van der Waals surface area (Å²) in [5.41, 5.74) is 6.95. The Bertz CT molecular complexity index is 1300. The number of carbonyl (C=O) groups is 1. The zero-order valence-electron chi connectivity index (χ0n) is 16.7. The molecule has 0 unspecified atom stereocenters. The van der Waals surface area contributed by atoms with Gasteiger partial charge in [-0.3, -0.25) is 4.79 Å². The van der Waals surface area contributed by atoms with Gasteiger partial charge in [0.25, 0.3) is 5.91 Å². The van der Waals surface area contributed by atoms with Gasteiger partial charge in [-0.15, -0.1) is 0 Å². The monoisotopic (exact) mass is 442 g/mol. The Morgan fingerprint density at radius 2 is 1.97 bits per heavy atom. The minimum absolute atomic E-state index is 0.172. The summed E-state index contributed by atoms with van der Waals surface area (Å²) in [4.78, 5) is 24.9. The molecule has 0 aliphatic carbocycles. The van der Waals surface area contributed by atoms with Crippen molar-refractivity contribution in [1.82, 2.24) is 19.4 Å². The number of pyridine rings is 1. The summed E-state index contributed by atoms with van der Waals surface area (Å²) in [5.74, 6) is -0.216. The molecule has 8 nitrogen and oxygen atoms in total. The fourth-order valence-electron chi connectivity index (χ4n) is 3.17. The van der Waals surface area contributed by atoms with Crippen molar-refractivity contribution in [3.63, 3.8) is 0 Å². The molecule has 0 bridgehead atoms. The molecule has 0 aliphatic rings. The third kappa shape index (κ3) is 4.04. The van der Waals surface area contributed by atoms with Crippen LogP contribution >= 0.6 is 0 Å². The predicted octanol–water partition coefficient (Wildman–Crippen LogP) is 4.04. The first-order valence-corrected chi connectivity index (χ1v) is 9.47. The van der Waals surface area contributed by atoms with Gasteiger partial charge in [0.1, 0.15) is 34.9 Å². The molecule has 164 valence electrons. The number of ether oxygens (including phenoxy) is 1. The highest BCUT2D eigenvalue weighted by molar-refractivity contribution is 6.04. The van der Waals surface area contributed by atoms with Crippen LogP contribution in [0.4, 0.5) is 24.8 Å². The Morgan fingerprint density at radius 3 is 2.72 bits per heavy atom. The minimum atomic E-state index is -4.55. The molecule has 0 spiro atoms. The maximum atomic E-state index is 12.9. The van der Waals surface area contributed by atoms with Gasteiger partial charge in [0.05, 0.1) is 12.2 Å². The van der Waals surface area contributed by atoms with Gasteiger partial charge in [-0.1, -0.05) is 0 Å². The predicted molar refractivity (Wildman–Crippen MR) is 111 cm³/mol. The van der Waals surface area contributed by atoms with Crippen molar-refractivity contribution in [3.05, 3.63) is 66.4 Å². The van der Waals surface area contributed by atoms with Crippen molar-refractivity contribution in [2.45, 2.75) is 13.1 Å². The molecule has 0 aliphatic heterocycles. The van der Waals surface area contributed by atoms with Gasteiger partial charge in [0, 0.05) is 29.7 Å². The number of hydrogen-bond donors (Lipinski definition) is 2. The molecule has 4 aromatic rings. The van der Waals surface area contributed by atoms with Crippen molar-refractivity contribution in [2.75, 3.05) is 17.7 Å². The van der Waals surface area contributed by atoms with Crippen LogP contribution in [0.2, 0.25) is 0 Å². The number of carbonyl (C=O) groups excluding carboxylic acids is 1. The van der Waals surface area contributed by atoms with E-state index in [-0.39, 0.29) is 17.2 Å². The van der Waals surface area contributed by atoms with Crippen LogP contribution in [0.1, 0.15) is 22.8 Å². The van der Waals surface area contributed by atoms with Crippen LogP contribution in [0.5, 0.6) is 5.75 Å². The van der Waals surface area contributed by atoms with Crippen LogP contribution in [0.15, 0.2) is 55.2 Å². The number of nitrogens with zero attached hydrogens (tertiary/aromatic N) is 4. The Labute approximate surface area is 179 Å². The zero-order valence-corrected chi connectivity index (χ0v) is 16.7. The Morgan fingerprint density at radius 1 is 1.16 bits per heavy atom. The van der Waals surface area contributed by atoms with E-state index in [0.717, 1.165) is 18.3 Å². The minimum Gasteiger partial charge on any atom is -0.493 e. The van der Waals surface area contributed by atoms with E-state index < -0.39 is 17.6 Å². The zero-order chi connectivity index (χ0) is 22.9. The van der Waals surface area contributed by atoms with E-state index in [1.165, 1.54) is 12.1 Å². The summed E-state index contributed by atoms with van der Waals surface area (Å²) in [6, 6.07) is 6.22. The molecule has 11 heteroatoms. The highest BCUT2D eigenvalue weighted by atomic mass is 19.4. The number of amides is 1. The molecule has 1 amide bonds. The molecule has 0 radical (unpaired) electrons. The van der Waals surface area contributed by atoms with E-state index >= 15 is 0 Å². The highest BCUT2D eigenvalue weighted by Gasteiger charge is 2.31. The molecule has 3 N–H and O–H groups in total. The number of halogens is 3. The number of alkyl halides is 3. The number of nitrogens with one attached hydrogen (secondary N) is 1. The maximum absolute atomic E-state index is 12.9. The molecule has 0 atom stereocenters. The number of benzene rings is 1. The summed E-state index contributed by atoms with van der Waals surface area (Å²) < 4.78 is 46.1. The van der Waals surface area contributed by atoms with E-state index in [1.807, 2.05) is 0 Å². The van der Waals surface area contributed by atoms with Crippen LogP contribution in [0.25, 0.3) is 16.8 Å². The molecule has 32 heavy (non-hydrogen) atoms. The molecule has 0 saturated carbocycles. The van der Waals surface area contributed by atoms with Crippen molar-refractivity contribution in [2.24, 2.45) is 0 Å². The fraction of sp³-hybridized carbons (Fsp3) is 0.143. The largest absolute Gasteiger partial charge is 0.493 e. The van der Waals surface area contributed by atoms with E-state index in [1.54, 1.807) is 36.1 Å². The van der Waals surface area contributed by atoms with Crippen LogP contribution < -0.4 is 15.8 Å². The van der Waals surface area contributed by atoms with Gasteiger partial charge in [0.2, 0.25) is 0 Å². The molecule has 3 aromatic heterocycles. The van der Waals surface area contributed by atoms with E-state index in [2.05, 4.69) is 20.3 Å². The first kappa shape index (κ1) is 21.1. The molecule has 4 rings (SSSR count). The van der Waals surface area contributed by atoms with Gasteiger partial charge in [-0.25, -0.2) is 15.0 Å². The van der Waals surface area contributed by atoms with E-state index in [4.69, 9.17) is 10.5 Å². The van der Waals surface area contributed by atoms with Gasteiger partial charge in [-0.05, 0) is 37.3 Å². The number of nitrogens with two attached hydrogens (primary N) is 1. The second kappa shape index (κ2) is 8.17. The molecule has 0 saturated heterocycles. The Balaban J connectivity index is 1.68. The first-order chi connectivity index (χ1) is 15.3. The van der Waals surface area contributed by atoms with Gasteiger partial charge < -0.3 is 20.2 Å². The molecule has 1 aromatic carbocycles. The third-order valence-corrected chi connectivity index (χ3v) is 4.60. The lowest BCUT2D eigenvalue weighted by molar-refractivity contribution is -0.137. The van der Waals surface area contributed by atoms with Crippen molar-refractivity contribution in [1.29, 1.82) is 0 Å². The quantitative estimate of drug-likeness (QED) is 0.483. The van der Waals surface area contributed by atoms with Crippen LogP contribution in [-0.2, 0) is 6.18 Å². The summed E-state index contributed by atoms with van der Waals surface area (Å²) in [6.07, 6.45) is 1.27. The second-order valence-electron chi connectivity index (χ2n) is 6.69. The Hall–Kier alpha value is -4.15. The van der Waals surface area contributed by atoms with Crippen LogP contribution in [0, 0.1) is 0 Å². The SMILES string of the molecule is CCOc1cc(C(=O)Nc2cc(C(F)(F)F)ccn2)ccc1-c1ncn2ccnc(N)c12. The van der Waals surface area contributed by atoms with Crippen molar-refractivity contribution < 1.29 is 22.7 Å². The third-order valence-electron chi connectivity index (χ3n) is 4.60. The molecular formula is C21H17F3N6O2. The van der Waals surface area contributed by atoms with Crippen molar-refractivity contribution in [3.8, 4) is 17.0 Å². The standard InChI is InChI=1S/C21H17F3N6O2/c1-2-32-15-9-12(20(31)29-16-10-13(5-6-26-16)21(22,23)24)3-4-14(15)17-18-19(25)27-7-8-30(18)11-28-17/h3-11H,2H2,1H3,(H2,25,27)(H,26,29,31). The lowest BCUT2D eigenvalue weighted by atomic mass is 10.1. The van der Waals surface area contributed by atoms with Gasteiger partial charge in [-0.2, -0.15) is 13.2 Å². The lowest BCUT2D eigenvalue weighted by Gasteiger charge is -2.12. The Kier molecular flexibility index (Phi) is 5.39. The summed E-state index contributed by atoms with van der Waals surface area (Å²) >= 11 is 0. The average Bonchev–Trinajstić information content (AvgIpc) is 3.19. The van der Waals surface area contributed by atoms with Gasteiger partial charge >= 0.3 is 6.18 Å². The van der Waals surface area contributed by atoms with Crippen LogP contribution in [-0.4, -0.2) is 31.9 Å². The number of imidazole rings is 1. The maximum Gasteiger partial charge on any atom is 0.416 e. The summed E-state index contributed by atoms with van der Waals surface area (Å²) in [7, 11) is 0. The first-order valence-electron chi connectivity index (χ1n) is 9.47. The number of aromatic nitrogens is 4. The second-order valence-corrected chi connectivity index (χ2v) is 6.69. The number of nitrogen functional groups attached to an aromatic ring is 1.